The minimum absolute atomic E-state index is 0.0465. The molecule has 29 heavy (non-hydrogen) atoms. The molecule has 3 rings (SSSR count). The van der Waals surface area contributed by atoms with Gasteiger partial charge in [-0.25, -0.2) is 4.39 Å². The molecule has 0 bridgehead atoms. The van der Waals surface area contributed by atoms with E-state index in [-0.39, 0.29) is 11.0 Å². The van der Waals surface area contributed by atoms with Crippen molar-refractivity contribution in [1.82, 2.24) is 4.90 Å². The van der Waals surface area contributed by atoms with E-state index in [1.165, 1.54) is 24.3 Å². The Bertz CT molecular complexity index is 973. The van der Waals surface area contributed by atoms with E-state index in [1.807, 2.05) is 19.9 Å². The van der Waals surface area contributed by atoms with E-state index < -0.39 is 29.4 Å². The van der Waals surface area contributed by atoms with Crippen molar-refractivity contribution in [2.24, 2.45) is 0 Å². The van der Waals surface area contributed by atoms with E-state index in [1.54, 1.807) is 24.3 Å². The van der Waals surface area contributed by atoms with Crippen molar-refractivity contribution in [2.45, 2.75) is 20.0 Å². The number of amides is 3. The number of carbonyl (C=O) groups is 3. The second-order valence-corrected chi connectivity index (χ2v) is 7.52. The van der Waals surface area contributed by atoms with Gasteiger partial charge in [-0.15, -0.1) is 0 Å². The van der Waals surface area contributed by atoms with Crippen LogP contribution >= 0.6 is 11.8 Å². The minimum Gasteiger partial charge on any atom is -0.490 e. The number of benzene rings is 2. The van der Waals surface area contributed by atoms with Gasteiger partial charge in [-0.05, 0) is 62.0 Å². The van der Waals surface area contributed by atoms with E-state index in [2.05, 4.69) is 5.32 Å². The van der Waals surface area contributed by atoms with Gasteiger partial charge in [0.15, 0.2) is 0 Å². The van der Waals surface area contributed by atoms with Crippen molar-refractivity contribution in [2.75, 3.05) is 11.9 Å². The maximum absolute atomic E-state index is 12.9. The molecule has 1 fully saturated rings. The van der Waals surface area contributed by atoms with E-state index in [4.69, 9.17) is 4.74 Å². The van der Waals surface area contributed by atoms with E-state index in [0.29, 0.717) is 17.0 Å². The molecule has 0 saturated carbocycles. The van der Waals surface area contributed by atoms with Crippen LogP contribution in [0, 0.1) is 5.82 Å². The lowest BCUT2D eigenvalue weighted by atomic mass is 10.2. The van der Waals surface area contributed by atoms with Gasteiger partial charge in [-0.1, -0.05) is 18.2 Å². The summed E-state index contributed by atoms with van der Waals surface area (Å²) in [5.41, 5.74) is 1.04. The fourth-order valence-corrected chi connectivity index (χ4v) is 3.45. The summed E-state index contributed by atoms with van der Waals surface area (Å²) in [5.74, 6) is -0.929. The molecular weight excluding hydrogens is 395 g/mol. The Kier molecular flexibility index (Phi) is 6.33. The number of ether oxygens (including phenoxy) is 1. The lowest BCUT2D eigenvalue weighted by molar-refractivity contribution is -0.127. The highest BCUT2D eigenvalue weighted by atomic mass is 32.2. The summed E-state index contributed by atoms with van der Waals surface area (Å²) in [6.45, 7) is 3.36. The third kappa shape index (κ3) is 5.23. The lowest BCUT2D eigenvalue weighted by Gasteiger charge is -2.13. The Balaban J connectivity index is 1.72. The first-order valence-corrected chi connectivity index (χ1v) is 9.71. The number of rotatable bonds is 6. The molecule has 150 valence electrons. The van der Waals surface area contributed by atoms with Crippen LogP contribution in [0.5, 0.6) is 5.75 Å². The molecule has 3 amide bonds. The molecule has 0 spiro atoms. The Morgan fingerprint density at radius 1 is 1.17 bits per heavy atom. The molecule has 2 aromatic carbocycles. The van der Waals surface area contributed by atoms with Crippen molar-refractivity contribution in [3.63, 3.8) is 0 Å². The third-order valence-corrected chi connectivity index (χ3v) is 4.78. The van der Waals surface area contributed by atoms with Gasteiger partial charge in [0.25, 0.3) is 11.1 Å². The number of para-hydroxylation sites is 1. The number of nitrogens with zero attached hydrogens (tertiary/aromatic N) is 1. The van der Waals surface area contributed by atoms with Crippen molar-refractivity contribution in [1.29, 1.82) is 0 Å². The molecule has 6 nitrogen and oxygen atoms in total. The first-order chi connectivity index (χ1) is 13.8. The summed E-state index contributed by atoms with van der Waals surface area (Å²) < 4.78 is 18.7. The molecule has 0 unspecified atom stereocenters. The Labute approximate surface area is 171 Å². The fraction of sp³-hybridized carbons (Fsp3) is 0.190. The first-order valence-electron chi connectivity index (χ1n) is 8.90. The molecule has 1 heterocycles. The fourth-order valence-electron chi connectivity index (χ4n) is 2.62. The largest absolute Gasteiger partial charge is 0.490 e. The molecule has 0 aliphatic carbocycles. The predicted octanol–water partition coefficient (Wildman–Crippen LogP) is 4.29. The van der Waals surface area contributed by atoms with Crippen molar-refractivity contribution >= 4 is 40.6 Å². The zero-order valence-electron chi connectivity index (χ0n) is 15.8. The average molecular weight is 414 g/mol. The lowest BCUT2D eigenvalue weighted by Crippen LogP contribution is -2.36. The second kappa shape index (κ2) is 8.91. The smallest absolute Gasteiger partial charge is 0.294 e. The number of hydrogen-bond acceptors (Lipinski definition) is 5. The van der Waals surface area contributed by atoms with Crippen LogP contribution in [0.15, 0.2) is 53.4 Å². The van der Waals surface area contributed by atoms with Crippen molar-refractivity contribution < 1.29 is 23.5 Å². The highest BCUT2D eigenvalue weighted by Gasteiger charge is 2.36. The third-order valence-electron chi connectivity index (χ3n) is 3.87. The highest BCUT2D eigenvalue weighted by molar-refractivity contribution is 8.18. The number of anilines is 1. The zero-order chi connectivity index (χ0) is 21.0. The van der Waals surface area contributed by atoms with E-state index in [0.717, 1.165) is 16.7 Å². The maximum atomic E-state index is 12.9. The predicted molar refractivity (Wildman–Crippen MR) is 110 cm³/mol. The molecule has 0 aromatic heterocycles. The standard InChI is InChI=1S/C21H19FN2O4S/c1-13(2)28-17-6-4-3-5-14(17)11-18-20(26)24(21(27)29-18)12-19(25)23-16-9-7-15(22)8-10-16/h3-11,13H,12H2,1-2H3,(H,23,25)/b18-11-. The summed E-state index contributed by atoms with van der Waals surface area (Å²) in [4.78, 5) is 38.2. The molecule has 8 heteroatoms. The number of halogens is 1. The van der Waals surface area contributed by atoms with Crippen molar-refractivity contribution in [3.05, 3.63) is 64.8 Å². The molecule has 0 radical (unpaired) electrons. The molecule has 1 N–H and O–H groups in total. The van der Waals surface area contributed by atoms with Crippen molar-refractivity contribution in [3.8, 4) is 5.75 Å². The summed E-state index contributed by atoms with van der Waals surface area (Å²) in [6.07, 6.45) is 1.54. The molecule has 1 saturated heterocycles. The highest BCUT2D eigenvalue weighted by Crippen LogP contribution is 2.34. The number of carbonyl (C=O) groups excluding carboxylic acids is 3. The van der Waals surface area contributed by atoms with E-state index >= 15 is 0 Å². The Morgan fingerprint density at radius 2 is 1.86 bits per heavy atom. The van der Waals surface area contributed by atoms with Crippen LogP contribution in [-0.4, -0.2) is 34.6 Å². The van der Waals surface area contributed by atoms with E-state index in [9.17, 15) is 18.8 Å². The van der Waals surface area contributed by atoms with Gasteiger partial charge in [0.2, 0.25) is 5.91 Å². The Hall–Kier alpha value is -3.13. The first kappa shape index (κ1) is 20.6. The van der Waals surface area contributed by atoms with Crippen LogP contribution < -0.4 is 10.1 Å². The maximum Gasteiger partial charge on any atom is 0.294 e. The van der Waals surface area contributed by atoms with Crippen LogP contribution in [0.2, 0.25) is 0 Å². The number of thioether (sulfide) groups is 1. The van der Waals surface area contributed by atoms with Gasteiger partial charge in [0.05, 0.1) is 11.0 Å². The SMILES string of the molecule is CC(C)Oc1ccccc1/C=C1\SC(=O)N(CC(=O)Nc2ccc(F)cc2)C1=O. The van der Waals surface area contributed by atoms with Gasteiger partial charge in [0, 0.05) is 11.3 Å². The minimum atomic E-state index is -0.552. The number of nitrogens with one attached hydrogen (secondary N) is 1. The monoisotopic (exact) mass is 414 g/mol. The van der Waals surface area contributed by atoms with Crippen LogP contribution in [0.25, 0.3) is 6.08 Å². The summed E-state index contributed by atoms with van der Waals surface area (Å²) >= 11 is 0.768. The summed E-state index contributed by atoms with van der Waals surface area (Å²) in [7, 11) is 0. The molecular formula is C21H19FN2O4S. The molecule has 1 aliphatic rings. The Morgan fingerprint density at radius 3 is 2.55 bits per heavy atom. The van der Waals surface area contributed by atoms with Crippen LogP contribution in [0.3, 0.4) is 0 Å². The van der Waals surface area contributed by atoms with Crippen LogP contribution in [0.4, 0.5) is 14.9 Å². The van der Waals surface area contributed by atoms with Gasteiger partial charge in [0.1, 0.15) is 18.1 Å². The summed E-state index contributed by atoms with van der Waals surface area (Å²) in [5, 5.41) is 2.00. The van der Waals surface area contributed by atoms with Gasteiger partial charge >= 0.3 is 0 Å². The quantitative estimate of drug-likeness (QED) is 0.714. The number of hydrogen-bond donors (Lipinski definition) is 1. The average Bonchev–Trinajstić information content (AvgIpc) is 2.92. The normalized spacial score (nSPS) is 15.3. The topological polar surface area (TPSA) is 75.7 Å². The zero-order valence-corrected chi connectivity index (χ0v) is 16.7. The van der Waals surface area contributed by atoms with Crippen LogP contribution in [-0.2, 0) is 9.59 Å². The molecule has 2 aromatic rings. The molecule has 0 atom stereocenters. The number of imide groups is 1. The second-order valence-electron chi connectivity index (χ2n) is 6.53. The van der Waals surface area contributed by atoms with Gasteiger partial charge in [-0.2, -0.15) is 0 Å². The van der Waals surface area contributed by atoms with Crippen LogP contribution in [0.1, 0.15) is 19.4 Å². The molecule has 1 aliphatic heterocycles. The summed E-state index contributed by atoms with van der Waals surface area (Å²) in [6, 6.07) is 12.4. The van der Waals surface area contributed by atoms with Gasteiger partial charge < -0.3 is 10.1 Å². The van der Waals surface area contributed by atoms with Gasteiger partial charge in [-0.3, -0.25) is 19.3 Å².